The smallest absolute Gasteiger partial charge is 0.255 e. The molecule has 0 atom stereocenters. The number of aromatic nitrogens is 1. The van der Waals surface area contributed by atoms with Crippen LogP contribution in [-0.4, -0.2) is 24.1 Å². The van der Waals surface area contributed by atoms with Gasteiger partial charge in [-0.25, -0.2) is 4.98 Å². The molecule has 144 valence electrons. The molecule has 1 amide bonds. The monoisotopic (exact) mass is 377 g/mol. The van der Waals surface area contributed by atoms with Gasteiger partial charge >= 0.3 is 0 Å². The highest BCUT2D eigenvalue weighted by Crippen LogP contribution is 2.21. The maximum absolute atomic E-state index is 12.5. The Kier molecular flexibility index (Phi) is 6.11. The molecule has 0 bridgehead atoms. The summed E-state index contributed by atoms with van der Waals surface area (Å²) in [6, 6.07) is 18.2. The second kappa shape index (κ2) is 8.90. The molecule has 2 aromatic carbocycles. The van der Waals surface area contributed by atoms with E-state index in [1.807, 2.05) is 56.3 Å². The van der Waals surface area contributed by atoms with Crippen LogP contribution in [0.25, 0.3) is 0 Å². The first kappa shape index (κ1) is 19.2. The molecule has 0 saturated carbocycles. The minimum Gasteiger partial charge on any atom is -0.497 e. The van der Waals surface area contributed by atoms with E-state index in [1.54, 1.807) is 31.5 Å². The van der Waals surface area contributed by atoms with Gasteiger partial charge < -0.3 is 20.1 Å². The Hall–Kier alpha value is -3.54. The number of hydrogen-bond donors (Lipinski definition) is 2. The van der Waals surface area contributed by atoms with E-state index in [1.165, 1.54) is 0 Å². The van der Waals surface area contributed by atoms with Gasteiger partial charge in [0.1, 0.15) is 17.3 Å². The van der Waals surface area contributed by atoms with Gasteiger partial charge in [-0.15, -0.1) is 0 Å². The molecule has 0 unspecified atom stereocenters. The summed E-state index contributed by atoms with van der Waals surface area (Å²) in [4.78, 5) is 16.8. The first-order valence-corrected chi connectivity index (χ1v) is 8.98. The molecule has 0 aliphatic heterocycles. The van der Waals surface area contributed by atoms with Crippen LogP contribution in [0.5, 0.6) is 11.5 Å². The van der Waals surface area contributed by atoms with Crippen molar-refractivity contribution in [2.24, 2.45) is 0 Å². The summed E-state index contributed by atoms with van der Waals surface area (Å²) in [6.45, 7) is 3.97. The van der Waals surface area contributed by atoms with Crippen molar-refractivity contribution in [1.82, 2.24) is 4.98 Å². The number of nitrogens with one attached hydrogen (secondary N) is 2. The first-order valence-electron chi connectivity index (χ1n) is 8.98. The molecule has 2 N–H and O–H groups in total. The van der Waals surface area contributed by atoms with Gasteiger partial charge in [0.25, 0.3) is 5.91 Å². The average Bonchev–Trinajstić information content (AvgIpc) is 2.69. The molecule has 0 radical (unpaired) electrons. The summed E-state index contributed by atoms with van der Waals surface area (Å²) in [6.07, 6.45) is 1.72. The molecular formula is C22H23N3O3. The standard InChI is InChI=1S/C22H23N3O3/c1-15(2)28-19-9-7-17(8-10-19)24-21-13-16(11-12-23-21)22(26)25-18-5-4-6-20(14-18)27-3/h4-15H,1-3H3,(H,23,24)(H,25,26). The fourth-order valence-corrected chi connectivity index (χ4v) is 2.58. The molecule has 0 aliphatic carbocycles. The number of carbonyl (C=O) groups excluding carboxylic acids is 1. The molecule has 3 rings (SSSR count). The maximum atomic E-state index is 12.5. The van der Waals surface area contributed by atoms with E-state index < -0.39 is 0 Å². The predicted octanol–water partition coefficient (Wildman–Crippen LogP) is 4.87. The van der Waals surface area contributed by atoms with Crippen molar-refractivity contribution in [3.05, 3.63) is 72.4 Å². The van der Waals surface area contributed by atoms with Crippen LogP contribution < -0.4 is 20.1 Å². The molecule has 0 saturated heterocycles. The van der Waals surface area contributed by atoms with E-state index in [-0.39, 0.29) is 12.0 Å². The van der Waals surface area contributed by atoms with Crippen LogP contribution >= 0.6 is 0 Å². The fourth-order valence-electron chi connectivity index (χ4n) is 2.58. The van der Waals surface area contributed by atoms with Crippen LogP contribution in [0.4, 0.5) is 17.2 Å². The van der Waals surface area contributed by atoms with Gasteiger partial charge in [0.15, 0.2) is 0 Å². The summed E-state index contributed by atoms with van der Waals surface area (Å²) >= 11 is 0. The molecule has 6 heteroatoms. The summed E-state index contributed by atoms with van der Waals surface area (Å²) in [7, 11) is 1.59. The third kappa shape index (κ3) is 5.23. The number of anilines is 3. The number of ether oxygens (including phenoxy) is 2. The number of benzene rings is 2. The normalized spacial score (nSPS) is 10.4. The second-order valence-corrected chi connectivity index (χ2v) is 6.43. The highest BCUT2D eigenvalue weighted by Gasteiger charge is 2.08. The van der Waals surface area contributed by atoms with Crippen molar-refractivity contribution >= 4 is 23.1 Å². The van der Waals surface area contributed by atoms with Crippen molar-refractivity contribution < 1.29 is 14.3 Å². The van der Waals surface area contributed by atoms with Crippen molar-refractivity contribution in [3.8, 4) is 11.5 Å². The van der Waals surface area contributed by atoms with E-state index in [0.717, 1.165) is 11.4 Å². The number of rotatable bonds is 7. The summed E-state index contributed by atoms with van der Waals surface area (Å²) in [5.74, 6) is 1.84. The zero-order valence-electron chi connectivity index (χ0n) is 16.1. The average molecular weight is 377 g/mol. The number of hydrogen-bond acceptors (Lipinski definition) is 5. The quantitative estimate of drug-likeness (QED) is 0.614. The Morgan fingerprint density at radius 1 is 0.964 bits per heavy atom. The number of methoxy groups -OCH3 is 1. The van der Waals surface area contributed by atoms with Crippen molar-refractivity contribution in [2.75, 3.05) is 17.7 Å². The van der Waals surface area contributed by atoms with Gasteiger partial charge in [0.05, 0.1) is 13.2 Å². The molecule has 6 nitrogen and oxygen atoms in total. The molecule has 1 heterocycles. The lowest BCUT2D eigenvalue weighted by Crippen LogP contribution is -2.12. The van der Waals surface area contributed by atoms with Gasteiger partial charge in [0, 0.05) is 29.2 Å². The minimum absolute atomic E-state index is 0.125. The van der Waals surface area contributed by atoms with Crippen molar-refractivity contribution in [2.45, 2.75) is 20.0 Å². The Balaban J connectivity index is 1.68. The number of pyridine rings is 1. The Labute approximate surface area is 164 Å². The van der Waals surface area contributed by atoms with E-state index in [4.69, 9.17) is 9.47 Å². The summed E-state index contributed by atoms with van der Waals surface area (Å²) in [5, 5.41) is 6.05. The van der Waals surface area contributed by atoms with Crippen LogP contribution in [0.1, 0.15) is 24.2 Å². The SMILES string of the molecule is COc1cccc(NC(=O)c2ccnc(Nc3ccc(OC(C)C)cc3)c2)c1. The van der Waals surface area contributed by atoms with Crippen LogP contribution in [0.3, 0.4) is 0 Å². The van der Waals surface area contributed by atoms with Crippen LogP contribution in [0.15, 0.2) is 66.9 Å². The molecule has 0 fully saturated rings. The molecule has 0 aliphatic rings. The number of nitrogens with zero attached hydrogens (tertiary/aromatic N) is 1. The van der Waals surface area contributed by atoms with E-state index >= 15 is 0 Å². The fraction of sp³-hybridized carbons (Fsp3) is 0.182. The summed E-state index contributed by atoms with van der Waals surface area (Å²) < 4.78 is 10.8. The molecule has 28 heavy (non-hydrogen) atoms. The zero-order chi connectivity index (χ0) is 19.9. The maximum Gasteiger partial charge on any atom is 0.255 e. The second-order valence-electron chi connectivity index (χ2n) is 6.43. The Morgan fingerprint density at radius 3 is 2.46 bits per heavy atom. The van der Waals surface area contributed by atoms with E-state index in [2.05, 4.69) is 15.6 Å². The molecule has 3 aromatic rings. The third-order valence-corrected chi connectivity index (χ3v) is 3.85. The highest BCUT2D eigenvalue weighted by molar-refractivity contribution is 6.04. The molecule has 0 spiro atoms. The van der Waals surface area contributed by atoms with Crippen molar-refractivity contribution in [1.29, 1.82) is 0 Å². The lowest BCUT2D eigenvalue weighted by Gasteiger charge is -2.11. The van der Waals surface area contributed by atoms with Crippen LogP contribution in [-0.2, 0) is 0 Å². The largest absolute Gasteiger partial charge is 0.497 e. The zero-order valence-corrected chi connectivity index (χ0v) is 16.1. The van der Waals surface area contributed by atoms with Gasteiger partial charge in [-0.2, -0.15) is 0 Å². The summed E-state index contributed by atoms with van der Waals surface area (Å²) in [5.41, 5.74) is 2.02. The molecular weight excluding hydrogens is 354 g/mol. The third-order valence-electron chi connectivity index (χ3n) is 3.85. The van der Waals surface area contributed by atoms with Crippen molar-refractivity contribution in [3.63, 3.8) is 0 Å². The van der Waals surface area contributed by atoms with Gasteiger partial charge in [-0.3, -0.25) is 4.79 Å². The Bertz CT molecular complexity index is 940. The topological polar surface area (TPSA) is 72.5 Å². The minimum atomic E-state index is -0.223. The lowest BCUT2D eigenvalue weighted by atomic mass is 10.2. The Morgan fingerprint density at radius 2 is 1.75 bits per heavy atom. The molecule has 1 aromatic heterocycles. The van der Waals surface area contributed by atoms with Gasteiger partial charge in [0.2, 0.25) is 0 Å². The highest BCUT2D eigenvalue weighted by atomic mass is 16.5. The van der Waals surface area contributed by atoms with Crippen LogP contribution in [0, 0.1) is 0 Å². The van der Waals surface area contributed by atoms with Gasteiger partial charge in [-0.1, -0.05) is 6.07 Å². The number of amides is 1. The first-order chi connectivity index (χ1) is 13.5. The predicted molar refractivity (Wildman–Crippen MR) is 111 cm³/mol. The van der Waals surface area contributed by atoms with E-state index in [0.29, 0.717) is 22.8 Å². The number of carbonyl (C=O) groups is 1. The van der Waals surface area contributed by atoms with Gasteiger partial charge in [-0.05, 0) is 62.4 Å². The van der Waals surface area contributed by atoms with Crippen LogP contribution in [0.2, 0.25) is 0 Å². The van der Waals surface area contributed by atoms with E-state index in [9.17, 15) is 4.79 Å². The lowest BCUT2D eigenvalue weighted by molar-refractivity contribution is 0.102.